The Morgan fingerprint density at radius 3 is 2.71 bits per heavy atom. The highest BCUT2D eigenvalue weighted by atomic mass is 16.5. The fourth-order valence-electron chi connectivity index (χ4n) is 4.29. The number of likely N-dealkylation sites (tertiary alicyclic amines) is 1. The molecule has 0 amide bonds. The average Bonchev–Trinajstić information content (AvgIpc) is 3.06. The first kappa shape index (κ1) is 17.9. The van der Waals surface area contributed by atoms with Crippen molar-refractivity contribution >= 4 is 0 Å². The number of aliphatic hydroxyl groups is 1. The van der Waals surface area contributed by atoms with E-state index in [1.165, 1.54) is 44.2 Å². The van der Waals surface area contributed by atoms with Gasteiger partial charge < -0.3 is 14.7 Å². The van der Waals surface area contributed by atoms with E-state index in [-0.39, 0.29) is 6.61 Å². The molecule has 24 heavy (non-hydrogen) atoms. The summed E-state index contributed by atoms with van der Waals surface area (Å²) in [5, 5.41) is 13.5. The molecule has 5 heteroatoms. The molecule has 0 aromatic carbocycles. The first-order chi connectivity index (χ1) is 11.8. The van der Waals surface area contributed by atoms with Crippen molar-refractivity contribution in [3.05, 3.63) is 18.0 Å². The van der Waals surface area contributed by atoms with Crippen LogP contribution in [0.1, 0.15) is 57.1 Å². The van der Waals surface area contributed by atoms with Crippen LogP contribution in [0.3, 0.4) is 0 Å². The average molecular weight is 335 g/mol. The SMILES string of the molecule is C[C@H]1CCCC[C@@H]1OCCN1CCC(c2ccnn2CCO)CC1. The molecule has 2 atom stereocenters. The van der Waals surface area contributed by atoms with Gasteiger partial charge in [0.15, 0.2) is 0 Å². The van der Waals surface area contributed by atoms with E-state index in [0.29, 0.717) is 18.6 Å². The minimum absolute atomic E-state index is 0.157. The van der Waals surface area contributed by atoms with Gasteiger partial charge in [0.05, 0.1) is 25.9 Å². The second-order valence-corrected chi connectivity index (χ2v) is 7.49. The fourth-order valence-corrected chi connectivity index (χ4v) is 4.29. The summed E-state index contributed by atoms with van der Waals surface area (Å²) >= 11 is 0. The van der Waals surface area contributed by atoms with Gasteiger partial charge in [0, 0.05) is 24.4 Å². The van der Waals surface area contributed by atoms with Gasteiger partial charge in [0.2, 0.25) is 0 Å². The lowest BCUT2D eigenvalue weighted by atomic mass is 9.88. The van der Waals surface area contributed by atoms with Gasteiger partial charge in [-0.15, -0.1) is 0 Å². The third kappa shape index (κ3) is 4.58. The molecule has 0 bridgehead atoms. The summed E-state index contributed by atoms with van der Waals surface area (Å²) in [6.07, 6.45) is 9.99. The number of rotatable bonds is 7. The van der Waals surface area contributed by atoms with Gasteiger partial charge in [-0.3, -0.25) is 4.68 Å². The van der Waals surface area contributed by atoms with Crippen molar-refractivity contribution in [2.45, 2.75) is 64.0 Å². The largest absolute Gasteiger partial charge is 0.394 e. The highest BCUT2D eigenvalue weighted by Crippen LogP contribution is 2.28. The molecule has 0 radical (unpaired) electrons. The summed E-state index contributed by atoms with van der Waals surface area (Å²) in [6.45, 7) is 7.32. The van der Waals surface area contributed by atoms with E-state index in [4.69, 9.17) is 9.84 Å². The Bertz CT molecular complexity index is 483. The highest BCUT2D eigenvalue weighted by molar-refractivity contribution is 5.09. The first-order valence-corrected chi connectivity index (χ1v) is 9.74. The summed E-state index contributed by atoms with van der Waals surface area (Å²) in [5.74, 6) is 1.31. The van der Waals surface area contributed by atoms with Gasteiger partial charge in [-0.2, -0.15) is 5.10 Å². The van der Waals surface area contributed by atoms with Gasteiger partial charge in [-0.25, -0.2) is 0 Å². The third-order valence-electron chi connectivity index (χ3n) is 5.84. The maximum atomic E-state index is 9.14. The molecule has 1 saturated heterocycles. The van der Waals surface area contributed by atoms with Crippen LogP contribution in [0, 0.1) is 5.92 Å². The second kappa shape index (κ2) is 8.97. The summed E-state index contributed by atoms with van der Waals surface area (Å²) < 4.78 is 8.13. The summed E-state index contributed by atoms with van der Waals surface area (Å²) in [4.78, 5) is 2.54. The molecule has 1 aliphatic heterocycles. The first-order valence-electron chi connectivity index (χ1n) is 9.74. The van der Waals surface area contributed by atoms with Crippen LogP contribution in [0.5, 0.6) is 0 Å². The zero-order chi connectivity index (χ0) is 16.8. The van der Waals surface area contributed by atoms with Crippen LogP contribution in [0.2, 0.25) is 0 Å². The topological polar surface area (TPSA) is 50.5 Å². The fraction of sp³-hybridized carbons (Fsp3) is 0.842. The van der Waals surface area contributed by atoms with Crippen molar-refractivity contribution < 1.29 is 9.84 Å². The molecular weight excluding hydrogens is 302 g/mol. The molecule has 2 fully saturated rings. The van der Waals surface area contributed by atoms with E-state index < -0.39 is 0 Å². The van der Waals surface area contributed by atoms with Gasteiger partial charge in [0.1, 0.15) is 0 Å². The van der Waals surface area contributed by atoms with Crippen molar-refractivity contribution in [1.82, 2.24) is 14.7 Å². The molecule has 1 N–H and O–H groups in total. The number of aromatic nitrogens is 2. The molecule has 1 aromatic rings. The lowest BCUT2D eigenvalue weighted by Crippen LogP contribution is -2.37. The highest BCUT2D eigenvalue weighted by Gasteiger charge is 2.24. The summed E-state index contributed by atoms with van der Waals surface area (Å²) in [6, 6.07) is 2.11. The van der Waals surface area contributed by atoms with Crippen LogP contribution in [0.15, 0.2) is 12.3 Å². The van der Waals surface area contributed by atoms with E-state index in [9.17, 15) is 0 Å². The minimum Gasteiger partial charge on any atom is -0.394 e. The Balaban J connectivity index is 1.38. The van der Waals surface area contributed by atoms with E-state index in [1.54, 1.807) is 0 Å². The molecule has 136 valence electrons. The number of piperidine rings is 1. The maximum Gasteiger partial charge on any atom is 0.0644 e. The number of aliphatic hydroxyl groups excluding tert-OH is 1. The van der Waals surface area contributed by atoms with Crippen LogP contribution < -0.4 is 0 Å². The number of hydrogen-bond acceptors (Lipinski definition) is 4. The third-order valence-corrected chi connectivity index (χ3v) is 5.84. The molecular formula is C19H33N3O2. The molecule has 3 rings (SSSR count). The van der Waals surface area contributed by atoms with Gasteiger partial charge in [0.25, 0.3) is 0 Å². The van der Waals surface area contributed by atoms with Crippen LogP contribution in [-0.4, -0.2) is 58.7 Å². The van der Waals surface area contributed by atoms with E-state index in [2.05, 4.69) is 23.0 Å². The van der Waals surface area contributed by atoms with Crippen LogP contribution >= 0.6 is 0 Å². The molecule has 5 nitrogen and oxygen atoms in total. The lowest BCUT2D eigenvalue weighted by molar-refractivity contribution is -0.0157. The van der Waals surface area contributed by atoms with E-state index in [1.807, 2.05) is 10.9 Å². The van der Waals surface area contributed by atoms with E-state index in [0.717, 1.165) is 32.2 Å². The lowest BCUT2D eigenvalue weighted by Gasteiger charge is -2.33. The van der Waals surface area contributed by atoms with Crippen molar-refractivity contribution in [3.8, 4) is 0 Å². The Morgan fingerprint density at radius 2 is 1.96 bits per heavy atom. The zero-order valence-electron chi connectivity index (χ0n) is 15.1. The van der Waals surface area contributed by atoms with Gasteiger partial charge in [-0.05, 0) is 50.8 Å². The monoisotopic (exact) mass is 335 g/mol. The van der Waals surface area contributed by atoms with Crippen LogP contribution in [0.25, 0.3) is 0 Å². The predicted molar refractivity (Wildman–Crippen MR) is 95.1 cm³/mol. The number of nitrogens with zero attached hydrogens (tertiary/aromatic N) is 3. The molecule has 2 heterocycles. The Hall–Kier alpha value is -0.910. The van der Waals surface area contributed by atoms with E-state index >= 15 is 0 Å². The van der Waals surface area contributed by atoms with Crippen molar-refractivity contribution in [2.75, 3.05) is 32.8 Å². The minimum atomic E-state index is 0.157. The molecule has 2 aliphatic rings. The molecule has 0 spiro atoms. The second-order valence-electron chi connectivity index (χ2n) is 7.49. The standard InChI is InChI=1S/C19H33N3O2/c1-16-4-2-3-5-19(16)24-15-13-21-10-7-17(8-11-21)18-6-9-20-22(18)12-14-23/h6,9,16-17,19,23H,2-5,7-8,10-15H2,1H3/t16-,19-/m0/s1. The van der Waals surface area contributed by atoms with Crippen molar-refractivity contribution in [3.63, 3.8) is 0 Å². The Labute approximate surface area is 146 Å². The quantitative estimate of drug-likeness (QED) is 0.832. The maximum absolute atomic E-state index is 9.14. The molecule has 0 unspecified atom stereocenters. The normalized spacial score (nSPS) is 26.8. The molecule has 1 saturated carbocycles. The van der Waals surface area contributed by atoms with Crippen LogP contribution in [0.4, 0.5) is 0 Å². The number of hydrogen-bond donors (Lipinski definition) is 1. The summed E-state index contributed by atoms with van der Waals surface area (Å²) in [7, 11) is 0. The summed E-state index contributed by atoms with van der Waals surface area (Å²) in [5.41, 5.74) is 1.29. The van der Waals surface area contributed by atoms with Crippen molar-refractivity contribution in [2.24, 2.45) is 5.92 Å². The van der Waals surface area contributed by atoms with Gasteiger partial charge in [-0.1, -0.05) is 19.8 Å². The molecule has 1 aliphatic carbocycles. The number of ether oxygens (including phenoxy) is 1. The van der Waals surface area contributed by atoms with Crippen molar-refractivity contribution in [1.29, 1.82) is 0 Å². The van der Waals surface area contributed by atoms with Crippen LogP contribution in [-0.2, 0) is 11.3 Å². The smallest absolute Gasteiger partial charge is 0.0644 e. The Morgan fingerprint density at radius 1 is 1.17 bits per heavy atom. The van der Waals surface area contributed by atoms with Gasteiger partial charge >= 0.3 is 0 Å². The predicted octanol–water partition coefficient (Wildman–Crippen LogP) is 2.65. The molecule has 1 aromatic heterocycles. The Kier molecular flexibility index (Phi) is 6.69. The zero-order valence-corrected chi connectivity index (χ0v) is 15.1.